The first-order valence-electron chi connectivity index (χ1n) is 11.2. The van der Waals surface area contributed by atoms with Gasteiger partial charge in [-0.1, -0.05) is 56.0 Å². The van der Waals surface area contributed by atoms with Crippen molar-refractivity contribution in [2.75, 3.05) is 6.61 Å². The molecule has 0 aliphatic heterocycles. The van der Waals surface area contributed by atoms with Crippen LogP contribution in [0, 0.1) is 0 Å². The summed E-state index contributed by atoms with van der Waals surface area (Å²) in [7, 11) is 0. The molecule has 0 amide bonds. The van der Waals surface area contributed by atoms with Gasteiger partial charge in [0.2, 0.25) is 0 Å². The Hall–Kier alpha value is -3.09. The van der Waals surface area contributed by atoms with Crippen LogP contribution in [0.3, 0.4) is 0 Å². The molecule has 2 aromatic rings. The lowest BCUT2D eigenvalue weighted by Crippen LogP contribution is -2.14. The van der Waals surface area contributed by atoms with Crippen molar-refractivity contribution < 1.29 is 29.6 Å². The summed E-state index contributed by atoms with van der Waals surface area (Å²) in [5.41, 5.74) is 2.26. The van der Waals surface area contributed by atoms with Crippen molar-refractivity contribution in [2.45, 2.75) is 70.6 Å². The number of hydrogen-bond acceptors (Lipinski definition) is 5. The van der Waals surface area contributed by atoms with Crippen molar-refractivity contribution in [3.63, 3.8) is 0 Å². The molecule has 1 heterocycles. The molecule has 1 aromatic heterocycles. The smallest absolute Gasteiger partial charge is 0.312 e. The van der Waals surface area contributed by atoms with Crippen LogP contribution in [0.25, 0.3) is 0 Å². The molecule has 7 heteroatoms. The van der Waals surface area contributed by atoms with E-state index in [1.165, 1.54) is 11.8 Å². The third kappa shape index (κ3) is 8.21. The summed E-state index contributed by atoms with van der Waals surface area (Å²) < 4.78 is 5.54. The normalized spacial score (nSPS) is 11.8. The molecule has 0 spiro atoms. The van der Waals surface area contributed by atoms with E-state index in [1.807, 2.05) is 6.07 Å². The fourth-order valence-corrected chi connectivity index (χ4v) is 3.65. The van der Waals surface area contributed by atoms with E-state index < -0.39 is 17.9 Å². The monoisotopic (exact) mass is 443 g/mol. The van der Waals surface area contributed by atoms with E-state index in [-0.39, 0.29) is 24.5 Å². The van der Waals surface area contributed by atoms with Gasteiger partial charge in [-0.05, 0) is 38.2 Å². The van der Waals surface area contributed by atoms with Crippen molar-refractivity contribution >= 4 is 11.9 Å². The number of rotatable bonds is 15. The molecule has 174 valence electrons. The number of pyridine rings is 1. The first-order chi connectivity index (χ1) is 15.4. The molecule has 7 nitrogen and oxygen atoms in total. The van der Waals surface area contributed by atoms with Crippen molar-refractivity contribution in [3.05, 3.63) is 53.3 Å². The van der Waals surface area contributed by atoms with E-state index in [2.05, 4.69) is 29.2 Å². The van der Waals surface area contributed by atoms with Gasteiger partial charge in [0.15, 0.2) is 11.5 Å². The molecule has 1 aromatic carbocycles. The maximum absolute atomic E-state index is 11.5. The second-order valence-electron chi connectivity index (χ2n) is 8.00. The van der Waals surface area contributed by atoms with Gasteiger partial charge in [-0.3, -0.25) is 14.6 Å². The van der Waals surface area contributed by atoms with Gasteiger partial charge in [-0.25, -0.2) is 0 Å². The third-order valence-corrected chi connectivity index (χ3v) is 5.47. The fraction of sp³-hybridized carbons (Fsp3) is 0.480. The van der Waals surface area contributed by atoms with Gasteiger partial charge in [0, 0.05) is 5.56 Å². The Balaban J connectivity index is 1.89. The Kier molecular flexibility index (Phi) is 10.5. The van der Waals surface area contributed by atoms with Crippen LogP contribution in [0.5, 0.6) is 11.5 Å². The SMILES string of the molecule is CC(C(=O)O)c1ncc(O)c(OCCC(=O)O)c1CCCCCCCCc1ccccc1. The number of aryl methyl sites for hydroxylation is 1. The number of hydrogen-bond donors (Lipinski definition) is 3. The minimum atomic E-state index is -1.01. The highest BCUT2D eigenvalue weighted by Gasteiger charge is 2.24. The second kappa shape index (κ2) is 13.3. The van der Waals surface area contributed by atoms with Crippen LogP contribution in [-0.4, -0.2) is 38.8 Å². The number of carbonyl (C=O) groups is 2. The van der Waals surface area contributed by atoms with Crippen LogP contribution in [0.4, 0.5) is 0 Å². The number of ether oxygens (including phenoxy) is 1. The summed E-state index contributed by atoms with van der Waals surface area (Å²) in [5, 5.41) is 28.5. The Bertz CT molecular complexity index is 868. The molecule has 3 N–H and O–H groups in total. The molecule has 0 saturated heterocycles. The van der Waals surface area contributed by atoms with Crippen LogP contribution in [0.2, 0.25) is 0 Å². The summed E-state index contributed by atoms with van der Waals surface area (Å²) >= 11 is 0. The fourth-order valence-electron chi connectivity index (χ4n) is 3.65. The first-order valence-corrected chi connectivity index (χ1v) is 11.2. The maximum Gasteiger partial charge on any atom is 0.312 e. The molecule has 32 heavy (non-hydrogen) atoms. The van der Waals surface area contributed by atoms with Crippen molar-refractivity contribution in [2.24, 2.45) is 0 Å². The highest BCUT2D eigenvalue weighted by atomic mass is 16.5. The molecule has 0 radical (unpaired) electrons. The van der Waals surface area contributed by atoms with E-state index in [0.29, 0.717) is 17.7 Å². The quantitative estimate of drug-likeness (QED) is 0.333. The highest BCUT2D eigenvalue weighted by molar-refractivity contribution is 5.76. The predicted octanol–water partition coefficient (Wildman–Crippen LogP) is 4.95. The standard InChI is InChI=1S/C25H33NO6/c1-18(25(30)31)23-20(24(21(27)17-26-23)32-16-15-22(28)29)14-10-5-3-2-4-7-11-19-12-8-6-9-13-19/h6,8-9,12-13,17-18,27H,2-5,7,10-11,14-16H2,1H3,(H,28,29)(H,30,31). The number of aromatic hydroxyl groups is 1. The van der Waals surface area contributed by atoms with Gasteiger partial charge < -0.3 is 20.1 Å². The Morgan fingerprint density at radius 3 is 2.22 bits per heavy atom. The zero-order chi connectivity index (χ0) is 23.3. The van der Waals surface area contributed by atoms with Crippen molar-refractivity contribution in [1.29, 1.82) is 0 Å². The summed E-state index contributed by atoms with van der Waals surface area (Å²) in [6, 6.07) is 10.4. The van der Waals surface area contributed by atoms with Gasteiger partial charge in [-0.15, -0.1) is 0 Å². The minimum absolute atomic E-state index is 0.109. The molecular weight excluding hydrogens is 410 g/mol. The highest BCUT2D eigenvalue weighted by Crippen LogP contribution is 2.35. The van der Waals surface area contributed by atoms with Crippen LogP contribution in [0.15, 0.2) is 36.5 Å². The van der Waals surface area contributed by atoms with E-state index in [1.54, 1.807) is 6.92 Å². The third-order valence-electron chi connectivity index (χ3n) is 5.47. The largest absolute Gasteiger partial charge is 0.503 e. The zero-order valence-corrected chi connectivity index (χ0v) is 18.6. The van der Waals surface area contributed by atoms with Gasteiger partial charge in [-0.2, -0.15) is 0 Å². The number of carboxylic acids is 2. The lowest BCUT2D eigenvalue weighted by Gasteiger charge is -2.18. The number of aromatic nitrogens is 1. The number of carboxylic acid groups (broad SMARTS) is 2. The summed E-state index contributed by atoms with van der Waals surface area (Å²) in [6.07, 6.45) is 8.84. The Morgan fingerprint density at radius 2 is 1.59 bits per heavy atom. The van der Waals surface area contributed by atoms with E-state index in [0.717, 1.165) is 44.9 Å². The summed E-state index contributed by atoms with van der Waals surface area (Å²) in [4.78, 5) is 26.4. The molecule has 0 aliphatic rings. The van der Waals surface area contributed by atoms with Crippen LogP contribution < -0.4 is 4.74 Å². The van der Waals surface area contributed by atoms with E-state index in [9.17, 15) is 19.8 Å². The predicted molar refractivity (Wildman–Crippen MR) is 121 cm³/mol. The average molecular weight is 444 g/mol. The van der Waals surface area contributed by atoms with Gasteiger partial charge >= 0.3 is 11.9 Å². The van der Waals surface area contributed by atoms with Crippen LogP contribution in [0.1, 0.15) is 74.6 Å². The number of nitrogens with zero attached hydrogens (tertiary/aromatic N) is 1. The number of unbranched alkanes of at least 4 members (excludes halogenated alkanes) is 5. The summed E-state index contributed by atoms with van der Waals surface area (Å²) in [5.74, 6) is -2.93. The van der Waals surface area contributed by atoms with Crippen molar-refractivity contribution in [1.82, 2.24) is 4.98 Å². The van der Waals surface area contributed by atoms with Gasteiger partial charge in [0.05, 0.1) is 30.8 Å². The van der Waals surface area contributed by atoms with E-state index >= 15 is 0 Å². The van der Waals surface area contributed by atoms with Crippen LogP contribution >= 0.6 is 0 Å². The number of benzene rings is 1. The van der Waals surface area contributed by atoms with Gasteiger partial charge in [0.1, 0.15) is 0 Å². The molecule has 0 fully saturated rings. The molecule has 0 aliphatic carbocycles. The topological polar surface area (TPSA) is 117 Å². The molecular formula is C25H33NO6. The zero-order valence-electron chi connectivity index (χ0n) is 18.6. The Labute approximate surface area is 189 Å². The lowest BCUT2D eigenvalue weighted by atomic mass is 9.96. The van der Waals surface area contributed by atoms with Crippen LogP contribution in [-0.2, 0) is 22.4 Å². The minimum Gasteiger partial charge on any atom is -0.503 e. The first kappa shape index (κ1) is 25.2. The number of aliphatic carboxylic acids is 2. The molecule has 0 bridgehead atoms. The van der Waals surface area contributed by atoms with Gasteiger partial charge in [0.25, 0.3) is 0 Å². The maximum atomic E-state index is 11.5. The molecule has 1 atom stereocenters. The second-order valence-corrected chi connectivity index (χ2v) is 8.00. The molecule has 0 saturated carbocycles. The summed E-state index contributed by atoms with van der Waals surface area (Å²) in [6.45, 7) is 1.43. The van der Waals surface area contributed by atoms with Crippen molar-refractivity contribution in [3.8, 4) is 11.5 Å². The Morgan fingerprint density at radius 1 is 0.969 bits per heavy atom. The lowest BCUT2D eigenvalue weighted by molar-refractivity contribution is -0.139. The van der Waals surface area contributed by atoms with E-state index in [4.69, 9.17) is 9.84 Å². The average Bonchev–Trinajstić information content (AvgIpc) is 2.77. The molecule has 2 rings (SSSR count). The molecule has 1 unspecified atom stereocenters.